The standard InChI is InChI=1S/C7H13NO.ClH/c1-7-2-6(9-5-7)3-8-4-7;/h6,8H,2-5H2,1H3;1H. The molecule has 2 atom stereocenters. The van der Waals surface area contributed by atoms with Crippen LogP contribution in [0.5, 0.6) is 0 Å². The normalized spacial score (nSPS) is 44.7. The number of piperidine rings is 1. The molecule has 1 N–H and O–H groups in total. The van der Waals surface area contributed by atoms with Crippen molar-refractivity contribution in [2.24, 2.45) is 5.41 Å². The van der Waals surface area contributed by atoms with Crippen LogP contribution >= 0.6 is 12.4 Å². The summed E-state index contributed by atoms with van der Waals surface area (Å²) < 4.78 is 5.52. The molecule has 3 heteroatoms. The molecular weight excluding hydrogens is 150 g/mol. The molecule has 2 heterocycles. The summed E-state index contributed by atoms with van der Waals surface area (Å²) in [5.41, 5.74) is 0.461. The van der Waals surface area contributed by atoms with Crippen LogP contribution in [0, 0.1) is 5.41 Å². The summed E-state index contributed by atoms with van der Waals surface area (Å²) in [4.78, 5) is 0. The van der Waals surface area contributed by atoms with Gasteiger partial charge < -0.3 is 10.1 Å². The van der Waals surface area contributed by atoms with Gasteiger partial charge in [-0.1, -0.05) is 6.92 Å². The second-order valence-corrected chi connectivity index (χ2v) is 3.58. The molecule has 0 amide bonds. The van der Waals surface area contributed by atoms with Crippen molar-refractivity contribution >= 4 is 12.4 Å². The minimum absolute atomic E-state index is 0. The van der Waals surface area contributed by atoms with Crippen LogP contribution in [0.3, 0.4) is 0 Å². The maximum atomic E-state index is 5.52. The lowest BCUT2D eigenvalue weighted by Gasteiger charge is -2.26. The van der Waals surface area contributed by atoms with E-state index in [1.807, 2.05) is 0 Å². The Kier molecular flexibility index (Phi) is 2.23. The quantitative estimate of drug-likeness (QED) is 0.571. The first-order valence-corrected chi connectivity index (χ1v) is 3.61. The highest BCUT2D eigenvalue weighted by atomic mass is 35.5. The molecule has 2 nitrogen and oxygen atoms in total. The van der Waals surface area contributed by atoms with Crippen LogP contribution in [0.15, 0.2) is 0 Å². The molecule has 60 valence electrons. The van der Waals surface area contributed by atoms with Gasteiger partial charge in [0.1, 0.15) is 0 Å². The summed E-state index contributed by atoms with van der Waals surface area (Å²) in [6.45, 7) is 5.46. The van der Waals surface area contributed by atoms with Gasteiger partial charge in [-0.15, -0.1) is 12.4 Å². The summed E-state index contributed by atoms with van der Waals surface area (Å²) in [6.07, 6.45) is 1.78. The molecule has 2 unspecified atom stereocenters. The smallest absolute Gasteiger partial charge is 0.0706 e. The van der Waals surface area contributed by atoms with Crippen molar-refractivity contribution in [2.75, 3.05) is 19.7 Å². The molecule has 10 heavy (non-hydrogen) atoms. The molecule has 0 radical (unpaired) electrons. The van der Waals surface area contributed by atoms with E-state index in [9.17, 15) is 0 Å². The summed E-state index contributed by atoms with van der Waals surface area (Å²) in [5, 5.41) is 3.36. The summed E-state index contributed by atoms with van der Waals surface area (Å²) in [6, 6.07) is 0. The molecule has 2 aliphatic rings. The van der Waals surface area contributed by atoms with Crippen molar-refractivity contribution in [1.29, 1.82) is 0 Å². The van der Waals surface area contributed by atoms with Crippen LogP contribution in [0.1, 0.15) is 13.3 Å². The Hall–Kier alpha value is 0.210. The number of fused-ring (bicyclic) bond motifs is 2. The van der Waals surface area contributed by atoms with E-state index in [0.29, 0.717) is 11.5 Å². The van der Waals surface area contributed by atoms with Gasteiger partial charge in [-0.05, 0) is 6.42 Å². The fourth-order valence-corrected chi connectivity index (χ4v) is 1.78. The first kappa shape index (κ1) is 8.31. The molecular formula is C7H14ClNO. The Labute approximate surface area is 67.7 Å². The van der Waals surface area contributed by atoms with Crippen molar-refractivity contribution in [1.82, 2.24) is 5.32 Å². The number of hydrogen-bond donors (Lipinski definition) is 1. The van der Waals surface area contributed by atoms with Gasteiger partial charge in [-0.2, -0.15) is 0 Å². The number of hydrogen-bond acceptors (Lipinski definition) is 2. The third-order valence-electron chi connectivity index (χ3n) is 2.31. The molecule has 0 aromatic carbocycles. The van der Waals surface area contributed by atoms with Crippen LogP contribution in [0.2, 0.25) is 0 Å². The van der Waals surface area contributed by atoms with E-state index in [1.165, 1.54) is 6.42 Å². The zero-order chi connectivity index (χ0) is 6.32. The van der Waals surface area contributed by atoms with E-state index in [0.717, 1.165) is 19.7 Å². The van der Waals surface area contributed by atoms with E-state index >= 15 is 0 Å². The lowest BCUT2D eigenvalue weighted by molar-refractivity contribution is 0.112. The Balaban J connectivity index is 0.000000500. The fourth-order valence-electron chi connectivity index (χ4n) is 1.78. The maximum absolute atomic E-state index is 5.52. The molecule has 2 fully saturated rings. The van der Waals surface area contributed by atoms with Crippen molar-refractivity contribution < 1.29 is 4.74 Å². The van der Waals surface area contributed by atoms with Gasteiger partial charge in [0.15, 0.2) is 0 Å². The fraction of sp³-hybridized carbons (Fsp3) is 1.00. The van der Waals surface area contributed by atoms with Crippen LogP contribution in [-0.4, -0.2) is 25.8 Å². The first-order chi connectivity index (χ1) is 4.29. The monoisotopic (exact) mass is 163 g/mol. The minimum Gasteiger partial charge on any atom is -0.376 e. The average Bonchev–Trinajstić information content (AvgIpc) is 2.07. The molecule has 2 rings (SSSR count). The van der Waals surface area contributed by atoms with E-state index in [-0.39, 0.29) is 12.4 Å². The third kappa shape index (κ3) is 1.29. The highest BCUT2D eigenvalue weighted by Crippen LogP contribution is 2.33. The van der Waals surface area contributed by atoms with E-state index < -0.39 is 0 Å². The van der Waals surface area contributed by atoms with Gasteiger partial charge in [-0.25, -0.2) is 0 Å². The van der Waals surface area contributed by atoms with Crippen LogP contribution in [-0.2, 0) is 4.74 Å². The zero-order valence-electron chi connectivity index (χ0n) is 6.22. The largest absolute Gasteiger partial charge is 0.376 e. The molecule has 0 saturated carbocycles. The highest BCUT2D eigenvalue weighted by molar-refractivity contribution is 5.85. The highest BCUT2D eigenvalue weighted by Gasteiger charge is 2.38. The van der Waals surface area contributed by atoms with Crippen molar-refractivity contribution in [3.05, 3.63) is 0 Å². The molecule has 0 spiro atoms. The van der Waals surface area contributed by atoms with Gasteiger partial charge in [-0.3, -0.25) is 0 Å². The lowest BCUT2D eigenvalue weighted by atomic mass is 9.85. The Morgan fingerprint density at radius 3 is 3.00 bits per heavy atom. The maximum Gasteiger partial charge on any atom is 0.0706 e. The Bertz CT molecular complexity index is 127. The SMILES string of the molecule is CC12CNCC(C1)OC2.Cl. The van der Waals surface area contributed by atoms with E-state index in [1.54, 1.807) is 0 Å². The summed E-state index contributed by atoms with van der Waals surface area (Å²) >= 11 is 0. The number of halogens is 1. The van der Waals surface area contributed by atoms with Crippen molar-refractivity contribution in [2.45, 2.75) is 19.4 Å². The van der Waals surface area contributed by atoms with Gasteiger partial charge in [0.05, 0.1) is 12.7 Å². The van der Waals surface area contributed by atoms with E-state index in [4.69, 9.17) is 4.74 Å². The van der Waals surface area contributed by atoms with Gasteiger partial charge >= 0.3 is 0 Å². The number of rotatable bonds is 0. The van der Waals surface area contributed by atoms with Gasteiger partial charge in [0.25, 0.3) is 0 Å². The summed E-state index contributed by atoms with van der Waals surface area (Å²) in [7, 11) is 0. The molecule has 2 aliphatic heterocycles. The molecule has 2 bridgehead atoms. The second kappa shape index (κ2) is 2.68. The zero-order valence-corrected chi connectivity index (χ0v) is 7.04. The van der Waals surface area contributed by atoms with E-state index in [2.05, 4.69) is 12.2 Å². The predicted octanol–water partition coefficient (Wildman–Crippen LogP) is 0.807. The Morgan fingerprint density at radius 1 is 1.60 bits per heavy atom. The Morgan fingerprint density at radius 2 is 2.40 bits per heavy atom. The number of nitrogens with one attached hydrogen (secondary N) is 1. The van der Waals surface area contributed by atoms with Crippen molar-refractivity contribution in [3.63, 3.8) is 0 Å². The van der Waals surface area contributed by atoms with Gasteiger partial charge in [0.2, 0.25) is 0 Å². The first-order valence-electron chi connectivity index (χ1n) is 3.61. The van der Waals surface area contributed by atoms with Crippen LogP contribution in [0.25, 0.3) is 0 Å². The molecule has 2 saturated heterocycles. The van der Waals surface area contributed by atoms with Crippen molar-refractivity contribution in [3.8, 4) is 0 Å². The topological polar surface area (TPSA) is 21.3 Å². The third-order valence-corrected chi connectivity index (χ3v) is 2.31. The second-order valence-electron chi connectivity index (χ2n) is 3.58. The average molecular weight is 164 g/mol. The summed E-state index contributed by atoms with van der Waals surface area (Å²) in [5.74, 6) is 0. The molecule has 0 aromatic heterocycles. The lowest BCUT2D eigenvalue weighted by Crippen LogP contribution is -2.40. The predicted molar refractivity (Wildman–Crippen MR) is 42.6 cm³/mol. The number of ether oxygens (including phenoxy) is 1. The molecule has 0 aromatic rings. The van der Waals surface area contributed by atoms with Gasteiger partial charge in [0, 0.05) is 18.5 Å². The van der Waals surface area contributed by atoms with Crippen LogP contribution < -0.4 is 5.32 Å². The molecule has 0 aliphatic carbocycles. The minimum atomic E-state index is 0. The van der Waals surface area contributed by atoms with Crippen LogP contribution in [0.4, 0.5) is 0 Å².